The zero-order valence-corrected chi connectivity index (χ0v) is 12.1. The van der Waals surface area contributed by atoms with Gasteiger partial charge in [-0.1, -0.05) is 25.1 Å². The maximum Gasteiger partial charge on any atom is 0.308 e. The lowest BCUT2D eigenvalue weighted by atomic mass is 9.95. The van der Waals surface area contributed by atoms with Crippen molar-refractivity contribution in [3.05, 3.63) is 35.6 Å². The van der Waals surface area contributed by atoms with Gasteiger partial charge in [-0.15, -0.1) is 0 Å². The first-order chi connectivity index (χ1) is 9.99. The molecule has 0 aromatic heterocycles. The minimum Gasteiger partial charge on any atom is -0.481 e. The third kappa shape index (κ3) is 3.80. The topological polar surface area (TPSA) is 57.6 Å². The quantitative estimate of drug-likeness (QED) is 0.927. The highest BCUT2D eigenvalue weighted by Crippen LogP contribution is 2.20. The Morgan fingerprint density at radius 1 is 1.43 bits per heavy atom. The molecule has 5 heteroatoms. The van der Waals surface area contributed by atoms with Gasteiger partial charge in [0.15, 0.2) is 0 Å². The maximum absolute atomic E-state index is 13.6. The lowest BCUT2D eigenvalue weighted by molar-refractivity contribution is -0.146. The number of nitrogens with zero attached hydrogens (tertiary/aromatic N) is 1. The second kappa shape index (κ2) is 6.70. The molecule has 0 aliphatic carbocycles. The molecule has 2 unspecified atom stereocenters. The van der Waals surface area contributed by atoms with Gasteiger partial charge in [0, 0.05) is 19.0 Å². The van der Waals surface area contributed by atoms with E-state index in [4.69, 9.17) is 5.11 Å². The van der Waals surface area contributed by atoms with Gasteiger partial charge in [0.1, 0.15) is 5.82 Å². The zero-order valence-electron chi connectivity index (χ0n) is 12.1. The average Bonchev–Trinajstić information content (AvgIpc) is 2.49. The molecule has 21 heavy (non-hydrogen) atoms. The van der Waals surface area contributed by atoms with E-state index in [0.29, 0.717) is 31.4 Å². The third-order valence-electron chi connectivity index (χ3n) is 3.99. The van der Waals surface area contributed by atoms with Gasteiger partial charge in [-0.05, 0) is 30.9 Å². The number of hydrogen-bond donors (Lipinski definition) is 1. The molecule has 1 amide bonds. The zero-order chi connectivity index (χ0) is 15.4. The average molecular weight is 293 g/mol. The first-order valence-corrected chi connectivity index (χ1v) is 7.24. The first-order valence-electron chi connectivity index (χ1n) is 7.24. The van der Waals surface area contributed by atoms with Crippen LogP contribution in [0.15, 0.2) is 24.3 Å². The van der Waals surface area contributed by atoms with E-state index in [0.717, 1.165) is 0 Å². The number of aliphatic carboxylic acids is 1. The molecule has 0 saturated carbocycles. The Morgan fingerprint density at radius 3 is 2.81 bits per heavy atom. The van der Waals surface area contributed by atoms with Crippen molar-refractivity contribution in [1.29, 1.82) is 0 Å². The van der Waals surface area contributed by atoms with Gasteiger partial charge in [-0.3, -0.25) is 9.59 Å². The lowest BCUT2D eigenvalue weighted by Crippen LogP contribution is -2.44. The summed E-state index contributed by atoms with van der Waals surface area (Å²) in [6, 6.07) is 6.42. The van der Waals surface area contributed by atoms with E-state index < -0.39 is 11.9 Å². The predicted octanol–water partition coefficient (Wildman–Crippen LogP) is 2.33. The van der Waals surface area contributed by atoms with Crippen LogP contribution in [0.3, 0.4) is 0 Å². The summed E-state index contributed by atoms with van der Waals surface area (Å²) in [6.45, 7) is 2.61. The van der Waals surface area contributed by atoms with Crippen LogP contribution in [0.2, 0.25) is 0 Å². The monoisotopic (exact) mass is 293 g/mol. The first kappa shape index (κ1) is 15.5. The number of carbonyl (C=O) groups excluding carboxylic acids is 1. The van der Waals surface area contributed by atoms with Crippen molar-refractivity contribution in [3.8, 4) is 0 Å². The van der Waals surface area contributed by atoms with Crippen molar-refractivity contribution in [3.63, 3.8) is 0 Å². The SMILES string of the molecule is CC(Cc1ccccc1F)C(=O)N1CCCC(C(=O)O)C1. The third-order valence-corrected chi connectivity index (χ3v) is 3.99. The highest BCUT2D eigenvalue weighted by Gasteiger charge is 2.30. The van der Waals surface area contributed by atoms with Crippen LogP contribution < -0.4 is 0 Å². The second-order valence-electron chi connectivity index (χ2n) is 5.66. The number of rotatable bonds is 4. The Hall–Kier alpha value is -1.91. The molecule has 4 nitrogen and oxygen atoms in total. The fourth-order valence-electron chi connectivity index (χ4n) is 2.77. The Labute approximate surface area is 123 Å². The van der Waals surface area contributed by atoms with Crippen molar-refractivity contribution >= 4 is 11.9 Å². The summed E-state index contributed by atoms with van der Waals surface area (Å²) < 4.78 is 13.6. The molecule has 1 aliphatic rings. The standard InChI is InChI=1S/C16H20FNO3/c1-11(9-12-5-2-3-7-14(12)17)15(19)18-8-4-6-13(10-18)16(20)21/h2-3,5,7,11,13H,4,6,8-10H2,1H3,(H,20,21). The van der Waals surface area contributed by atoms with Gasteiger partial charge < -0.3 is 10.0 Å². The number of benzene rings is 1. The highest BCUT2D eigenvalue weighted by molar-refractivity contribution is 5.80. The fourth-order valence-corrected chi connectivity index (χ4v) is 2.77. The van der Waals surface area contributed by atoms with Crippen molar-refractivity contribution < 1.29 is 19.1 Å². The van der Waals surface area contributed by atoms with Gasteiger partial charge in [0.05, 0.1) is 5.92 Å². The van der Waals surface area contributed by atoms with Gasteiger partial charge >= 0.3 is 5.97 Å². The highest BCUT2D eigenvalue weighted by atomic mass is 19.1. The van der Waals surface area contributed by atoms with E-state index in [1.807, 2.05) is 0 Å². The minimum absolute atomic E-state index is 0.0933. The molecule has 1 aromatic rings. The molecule has 2 rings (SSSR count). The van der Waals surface area contributed by atoms with E-state index >= 15 is 0 Å². The van der Waals surface area contributed by atoms with E-state index in [-0.39, 0.29) is 24.2 Å². The van der Waals surface area contributed by atoms with E-state index in [2.05, 4.69) is 0 Å². The Kier molecular flexibility index (Phi) is 4.94. The summed E-state index contributed by atoms with van der Waals surface area (Å²) in [5, 5.41) is 9.06. The van der Waals surface area contributed by atoms with Gasteiger partial charge in [0.2, 0.25) is 5.91 Å². The van der Waals surface area contributed by atoms with Crippen LogP contribution in [0.4, 0.5) is 4.39 Å². The normalized spacial score (nSPS) is 20.1. The number of amides is 1. The largest absolute Gasteiger partial charge is 0.481 e. The Morgan fingerprint density at radius 2 is 2.14 bits per heavy atom. The van der Waals surface area contributed by atoms with Crippen molar-refractivity contribution in [2.75, 3.05) is 13.1 Å². The Balaban J connectivity index is 1.99. The van der Waals surface area contributed by atoms with Crippen LogP contribution in [0.1, 0.15) is 25.3 Å². The molecule has 1 N–H and O–H groups in total. The number of hydrogen-bond acceptors (Lipinski definition) is 2. The van der Waals surface area contributed by atoms with Gasteiger partial charge in [0.25, 0.3) is 0 Å². The van der Waals surface area contributed by atoms with Crippen LogP contribution in [-0.4, -0.2) is 35.0 Å². The van der Waals surface area contributed by atoms with E-state index in [1.165, 1.54) is 6.07 Å². The molecule has 1 fully saturated rings. The summed E-state index contributed by atoms with van der Waals surface area (Å²) in [5.41, 5.74) is 0.519. The van der Waals surface area contributed by atoms with Gasteiger partial charge in [-0.2, -0.15) is 0 Å². The number of carboxylic acid groups (broad SMARTS) is 1. The van der Waals surface area contributed by atoms with Crippen LogP contribution >= 0.6 is 0 Å². The molecule has 0 radical (unpaired) electrons. The molecular formula is C16H20FNO3. The number of halogens is 1. The minimum atomic E-state index is -0.853. The summed E-state index contributed by atoms with van der Waals surface area (Å²) in [6.07, 6.45) is 1.65. The number of carbonyl (C=O) groups is 2. The lowest BCUT2D eigenvalue weighted by Gasteiger charge is -2.32. The summed E-state index contributed by atoms with van der Waals surface area (Å²) >= 11 is 0. The van der Waals surface area contributed by atoms with E-state index in [9.17, 15) is 14.0 Å². The van der Waals surface area contributed by atoms with Crippen LogP contribution in [0, 0.1) is 17.7 Å². The molecular weight excluding hydrogens is 273 g/mol. The molecule has 1 heterocycles. The number of piperidine rings is 1. The summed E-state index contributed by atoms with van der Waals surface area (Å²) in [4.78, 5) is 25.0. The smallest absolute Gasteiger partial charge is 0.308 e. The molecule has 1 aliphatic heterocycles. The van der Waals surface area contributed by atoms with Gasteiger partial charge in [-0.25, -0.2) is 4.39 Å². The molecule has 0 bridgehead atoms. The van der Waals surface area contributed by atoms with Crippen LogP contribution in [0.5, 0.6) is 0 Å². The summed E-state index contributed by atoms with van der Waals surface area (Å²) in [5.74, 6) is -2.09. The Bertz CT molecular complexity index is 532. The number of likely N-dealkylation sites (tertiary alicyclic amines) is 1. The molecule has 1 aromatic carbocycles. The predicted molar refractivity (Wildman–Crippen MR) is 76.2 cm³/mol. The molecule has 1 saturated heterocycles. The fraction of sp³-hybridized carbons (Fsp3) is 0.500. The van der Waals surface area contributed by atoms with Crippen molar-refractivity contribution in [1.82, 2.24) is 4.90 Å². The van der Waals surface area contributed by atoms with E-state index in [1.54, 1.807) is 30.0 Å². The van der Waals surface area contributed by atoms with Crippen LogP contribution in [0.25, 0.3) is 0 Å². The molecule has 0 spiro atoms. The summed E-state index contributed by atoms with van der Waals surface area (Å²) in [7, 11) is 0. The second-order valence-corrected chi connectivity index (χ2v) is 5.66. The van der Waals surface area contributed by atoms with Crippen molar-refractivity contribution in [2.45, 2.75) is 26.2 Å². The van der Waals surface area contributed by atoms with Crippen molar-refractivity contribution in [2.24, 2.45) is 11.8 Å². The molecule has 2 atom stereocenters. The molecule has 114 valence electrons. The number of carboxylic acids is 1. The maximum atomic E-state index is 13.6. The van der Waals surface area contributed by atoms with Crippen LogP contribution in [-0.2, 0) is 16.0 Å².